The van der Waals surface area contributed by atoms with E-state index in [0.717, 1.165) is 46.1 Å². The summed E-state index contributed by atoms with van der Waals surface area (Å²) in [5.74, 6) is -3.20. The number of hydrogen-bond donors (Lipinski definition) is 3. The summed E-state index contributed by atoms with van der Waals surface area (Å²) in [6.45, 7) is 9.11. The largest absolute Gasteiger partial charge is 0.483 e. The highest BCUT2D eigenvalue weighted by atomic mass is 31.3. The molecule has 0 saturated carbocycles. The highest BCUT2D eigenvalue weighted by Gasteiger charge is 2.53. The Morgan fingerprint density at radius 2 is 1.50 bits per heavy atom. The molecular weight excluding hydrogens is 604 g/mol. The van der Waals surface area contributed by atoms with E-state index in [2.05, 4.69) is 15.7 Å². The van der Waals surface area contributed by atoms with Crippen molar-refractivity contribution in [2.75, 3.05) is 13.2 Å². The Kier molecular flexibility index (Phi) is 15.5. The third-order valence-corrected chi connectivity index (χ3v) is 8.23. The van der Waals surface area contributed by atoms with Crippen molar-refractivity contribution in [1.29, 1.82) is 0 Å². The molecule has 0 spiro atoms. The fourth-order valence-electron chi connectivity index (χ4n) is 3.86. The molecule has 0 bridgehead atoms. The molecule has 18 heteroatoms. The zero-order chi connectivity index (χ0) is 32.3. The van der Waals surface area contributed by atoms with Gasteiger partial charge in [0.15, 0.2) is 18.5 Å². The fraction of sp³-hybridized carbons (Fsp3) is 0.750. The summed E-state index contributed by atoms with van der Waals surface area (Å²) in [7, 11) is -10.7. The number of ether oxygens (including phenoxy) is 4. The first-order valence-electron chi connectivity index (χ1n) is 13.1. The summed E-state index contributed by atoms with van der Waals surface area (Å²) in [5.41, 5.74) is 1.16. The van der Waals surface area contributed by atoms with Crippen LogP contribution >= 0.6 is 15.6 Å². The number of hydrogen-bond acceptors (Lipinski definition) is 13. The molecule has 8 atom stereocenters. The average molecular weight is 646 g/mol. The number of carbonyl (C=O) groups excluding carboxylic acids is 4. The summed E-state index contributed by atoms with van der Waals surface area (Å²) < 4.78 is 60.4. The van der Waals surface area contributed by atoms with E-state index in [1.165, 1.54) is 0 Å². The van der Waals surface area contributed by atoms with Crippen LogP contribution in [0.5, 0.6) is 0 Å². The van der Waals surface area contributed by atoms with Crippen LogP contribution in [0.1, 0.15) is 67.7 Å². The van der Waals surface area contributed by atoms with Gasteiger partial charge < -0.3 is 34.1 Å². The number of allylic oxidation sites excluding steroid dienone is 2. The van der Waals surface area contributed by atoms with Crippen LogP contribution in [0.25, 0.3) is 0 Å². The lowest BCUT2D eigenvalue weighted by Crippen LogP contribution is -2.66. The average Bonchev–Trinajstić information content (AvgIpc) is 2.79. The monoisotopic (exact) mass is 645 g/mol. The third kappa shape index (κ3) is 14.8. The molecule has 242 valence electrons. The molecule has 1 fully saturated rings. The van der Waals surface area contributed by atoms with Crippen LogP contribution in [-0.2, 0) is 60.6 Å². The van der Waals surface area contributed by atoms with E-state index in [9.17, 15) is 38.1 Å². The lowest BCUT2D eigenvalue weighted by molar-refractivity contribution is -0.259. The van der Waals surface area contributed by atoms with Gasteiger partial charge in [-0.1, -0.05) is 18.6 Å². The minimum atomic E-state index is -5.51. The van der Waals surface area contributed by atoms with Crippen LogP contribution in [0.3, 0.4) is 0 Å². The summed E-state index contributed by atoms with van der Waals surface area (Å²) in [4.78, 5) is 67.5. The molecule has 3 N–H and O–H groups in total. The van der Waals surface area contributed by atoms with Crippen molar-refractivity contribution >= 4 is 39.5 Å². The molecule has 0 aromatic carbocycles. The first-order valence-corrected chi connectivity index (χ1v) is 16.0. The first kappa shape index (κ1) is 37.9. The SMILES string of the molecule is CC(=O)N[C@H]1[C@@H](OP(=O)(O)OP(=O)(O)OCC[C@H](C)CCC=C(C)C)O[C@H](COC(C)=O)[C@@H](OC(C)=O)[C@@H]1OC(C)=O. The maximum Gasteiger partial charge on any atom is 0.483 e. The lowest BCUT2D eigenvalue weighted by atomic mass is 9.96. The van der Waals surface area contributed by atoms with E-state index in [1.54, 1.807) is 0 Å². The van der Waals surface area contributed by atoms with Crippen molar-refractivity contribution in [3.05, 3.63) is 11.6 Å². The summed E-state index contributed by atoms with van der Waals surface area (Å²) in [5, 5.41) is 2.31. The Morgan fingerprint density at radius 3 is 2.02 bits per heavy atom. The predicted octanol–water partition coefficient (Wildman–Crippen LogP) is 2.67. The summed E-state index contributed by atoms with van der Waals surface area (Å²) in [6.07, 6.45) is -2.58. The van der Waals surface area contributed by atoms with E-state index in [-0.39, 0.29) is 12.5 Å². The Bertz CT molecular complexity index is 1080. The molecule has 1 aliphatic heterocycles. The molecule has 2 unspecified atom stereocenters. The maximum atomic E-state index is 12.8. The van der Waals surface area contributed by atoms with Crippen molar-refractivity contribution < 1.29 is 70.4 Å². The minimum absolute atomic E-state index is 0.101. The molecule has 0 aromatic rings. The summed E-state index contributed by atoms with van der Waals surface area (Å²) >= 11 is 0. The molecule has 42 heavy (non-hydrogen) atoms. The van der Waals surface area contributed by atoms with E-state index in [1.807, 2.05) is 20.8 Å². The minimum Gasteiger partial charge on any atom is -0.463 e. The van der Waals surface area contributed by atoms with Crippen LogP contribution in [0.2, 0.25) is 0 Å². The second-order valence-corrected chi connectivity index (χ2v) is 12.9. The number of esters is 3. The predicted molar refractivity (Wildman–Crippen MR) is 144 cm³/mol. The van der Waals surface area contributed by atoms with Crippen LogP contribution < -0.4 is 5.32 Å². The zero-order valence-corrected chi connectivity index (χ0v) is 26.5. The molecule has 0 aromatic heterocycles. The van der Waals surface area contributed by atoms with Gasteiger partial charge in [-0.15, -0.1) is 0 Å². The van der Waals surface area contributed by atoms with Gasteiger partial charge >= 0.3 is 33.6 Å². The molecule has 16 nitrogen and oxygen atoms in total. The van der Waals surface area contributed by atoms with E-state index >= 15 is 0 Å². The zero-order valence-electron chi connectivity index (χ0n) is 24.7. The van der Waals surface area contributed by atoms with Gasteiger partial charge in [0.05, 0.1) is 6.61 Å². The Labute approximate surface area is 244 Å². The van der Waals surface area contributed by atoms with Crippen molar-refractivity contribution in [2.24, 2.45) is 5.92 Å². The highest BCUT2D eigenvalue weighted by molar-refractivity contribution is 7.61. The molecule has 0 aliphatic carbocycles. The van der Waals surface area contributed by atoms with Crippen LogP contribution in [-0.4, -0.2) is 77.5 Å². The molecule has 1 aliphatic rings. The topological polar surface area (TPSA) is 220 Å². The second kappa shape index (κ2) is 17.2. The lowest BCUT2D eigenvalue weighted by Gasteiger charge is -2.44. The number of rotatable bonds is 16. The third-order valence-electron chi connectivity index (χ3n) is 5.59. The Balaban J connectivity index is 3.14. The maximum absolute atomic E-state index is 12.8. The van der Waals surface area contributed by atoms with Crippen LogP contribution in [0.4, 0.5) is 0 Å². The number of amides is 1. The molecule has 1 rings (SSSR count). The second-order valence-electron chi connectivity index (χ2n) is 9.93. The van der Waals surface area contributed by atoms with Gasteiger partial charge in [-0.05, 0) is 39.0 Å². The molecule has 1 amide bonds. The quantitative estimate of drug-likeness (QED) is 0.0951. The smallest absolute Gasteiger partial charge is 0.463 e. The number of nitrogens with one attached hydrogen (secondary N) is 1. The van der Waals surface area contributed by atoms with Gasteiger partial charge in [-0.2, -0.15) is 4.31 Å². The fourth-order valence-corrected chi connectivity index (χ4v) is 6.02. The Hall–Kier alpha value is -2.16. The number of phosphoric acid groups is 2. The van der Waals surface area contributed by atoms with Crippen LogP contribution in [0.15, 0.2) is 11.6 Å². The van der Waals surface area contributed by atoms with Crippen molar-refractivity contribution in [2.45, 2.75) is 98.4 Å². The van der Waals surface area contributed by atoms with Crippen LogP contribution in [0, 0.1) is 5.92 Å². The standard InChI is InChI=1S/C24H41NO15P2/c1-14(2)9-8-10-15(3)11-12-35-41(30,31)40-42(32,33)39-24-21(25-16(4)26)23(37-19(7)29)22(36-18(6)28)20(38-24)13-34-17(5)27/h9,15,20-24H,8,10-13H2,1-7H3,(H,25,26)(H,30,31)(H,32,33)/t15-,20-,21-,22-,23-,24-/m1/s1. The highest BCUT2D eigenvalue weighted by Crippen LogP contribution is 2.61. The van der Waals surface area contributed by atoms with E-state index < -0.39 is 76.7 Å². The van der Waals surface area contributed by atoms with Crippen molar-refractivity contribution in [3.8, 4) is 0 Å². The van der Waals surface area contributed by atoms with Gasteiger partial charge in [0.25, 0.3) is 0 Å². The molecule has 0 radical (unpaired) electrons. The van der Waals surface area contributed by atoms with Gasteiger partial charge in [-0.3, -0.25) is 28.2 Å². The first-order chi connectivity index (χ1) is 19.3. The van der Waals surface area contributed by atoms with E-state index in [4.69, 9.17) is 28.0 Å². The van der Waals surface area contributed by atoms with Gasteiger partial charge in [0, 0.05) is 27.7 Å². The molecule has 1 saturated heterocycles. The molecular formula is C24H41NO15P2. The van der Waals surface area contributed by atoms with Gasteiger partial charge in [0.2, 0.25) is 5.91 Å². The van der Waals surface area contributed by atoms with Gasteiger partial charge in [0.1, 0.15) is 18.8 Å². The number of phosphoric ester groups is 2. The van der Waals surface area contributed by atoms with Crippen molar-refractivity contribution in [3.63, 3.8) is 0 Å². The van der Waals surface area contributed by atoms with E-state index in [0.29, 0.717) is 6.42 Å². The van der Waals surface area contributed by atoms with Gasteiger partial charge in [-0.25, -0.2) is 9.13 Å². The summed E-state index contributed by atoms with van der Waals surface area (Å²) in [6, 6.07) is -1.62. The normalized spacial score (nSPS) is 25.6. The van der Waals surface area contributed by atoms with Crippen molar-refractivity contribution in [1.82, 2.24) is 5.32 Å². The number of carbonyl (C=O) groups is 4. The Morgan fingerprint density at radius 1 is 0.905 bits per heavy atom. The molecule has 1 heterocycles.